The molecule has 3 nitrogen and oxygen atoms in total. The van der Waals surface area contributed by atoms with Crippen LogP contribution in [0.1, 0.15) is 64.7 Å². The van der Waals surface area contributed by atoms with Crippen molar-refractivity contribution in [1.82, 2.24) is 10.6 Å². The van der Waals surface area contributed by atoms with Crippen molar-refractivity contribution in [3.05, 3.63) is 0 Å². The molecule has 1 heterocycles. The zero-order chi connectivity index (χ0) is 12.8. The number of carbonyl (C=O) groups is 1. The minimum absolute atomic E-state index is 0.220. The Morgan fingerprint density at radius 1 is 1.11 bits per heavy atom. The summed E-state index contributed by atoms with van der Waals surface area (Å²) >= 11 is 0. The highest BCUT2D eigenvalue weighted by atomic mass is 16.1. The van der Waals surface area contributed by atoms with E-state index >= 15 is 0 Å². The molecular formula is C15H28N2O. The molecule has 2 atom stereocenters. The van der Waals surface area contributed by atoms with Crippen molar-refractivity contribution in [2.45, 2.75) is 76.8 Å². The lowest BCUT2D eigenvalue weighted by Gasteiger charge is -2.28. The molecule has 1 unspecified atom stereocenters. The van der Waals surface area contributed by atoms with Gasteiger partial charge in [0.05, 0.1) is 0 Å². The van der Waals surface area contributed by atoms with Crippen LogP contribution in [0.3, 0.4) is 0 Å². The van der Waals surface area contributed by atoms with Gasteiger partial charge in [-0.05, 0) is 38.5 Å². The number of hydrogen-bond acceptors (Lipinski definition) is 2. The van der Waals surface area contributed by atoms with Crippen LogP contribution in [-0.2, 0) is 4.79 Å². The highest BCUT2D eigenvalue weighted by Crippen LogP contribution is 2.26. The summed E-state index contributed by atoms with van der Waals surface area (Å²) in [6.07, 6.45) is 11.3. The normalized spacial score (nSPS) is 29.2. The van der Waals surface area contributed by atoms with Crippen molar-refractivity contribution < 1.29 is 4.79 Å². The van der Waals surface area contributed by atoms with Crippen molar-refractivity contribution in [3.8, 4) is 0 Å². The van der Waals surface area contributed by atoms with E-state index in [2.05, 4.69) is 17.6 Å². The van der Waals surface area contributed by atoms with Crippen LogP contribution < -0.4 is 10.6 Å². The van der Waals surface area contributed by atoms with Crippen LogP contribution in [0.5, 0.6) is 0 Å². The van der Waals surface area contributed by atoms with Crippen LogP contribution in [0.25, 0.3) is 0 Å². The number of nitrogens with one attached hydrogen (secondary N) is 2. The van der Waals surface area contributed by atoms with Gasteiger partial charge in [-0.2, -0.15) is 0 Å². The second-order valence-corrected chi connectivity index (χ2v) is 6.10. The van der Waals surface area contributed by atoms with Gasteiger partial charge in [0.2, 0.25) is 5.91 Å². The summed E-state index contributed by atoms with van der Waals surface area (Å²) in [6, 6.07) is 0.963. The SMILES string of the molecule is C[C@H](NC1CCCNC(=O)C1)C1CCCCCC1. The monoisotopic (exact) mass is 252 g/mol. The first-order valence-electron chi connectivity index (χ1n) is 7.78. The van der Waals surface area contributed by atoms with Crippen LogP contribution in [0.4, 0.5) is 0 Å². The molecule has 2 rings (SSSR count). The van der Waals surface area contributed by atoms with E-state index in [4.69, 9.17) is 0 Å². The van der Waals surface area contributed by atoms with Crippen LogP contribution in [0.2, 0.25) is 0 Å². The second-order valence-electron chi connectivity index (χ2n) is 6.10. The fourth-order valence-electron chi connectivity index (χ4n) is 3.44. The van der Waals surface area contributed by atoms with Gasteiger partial charge in [-0.25, -0.2) is 0 Å². The third-order valence-electron chi connectivity index (χ3n) is 4.59. The predicted octanol–water partition coefficient (Wildman–Crippen LogP) is 2.60. The van der Waals surface area contributed by atoms with E-state index in [0.29, 0.717) is 18.5 Å². The third kappa shape index (κ3) is 4.27. The van der Waals surface area contributed by atoms with Crippen LogP contribution in [-0.4, -0.2) is 24.5 Å². The maximum atomic E-state index is 11.6. The Labute approximate surface area is 111 Å². The first kappa shape index (κ1) is 13.9. The molecule has 1 amide bonds. The van der Waals surface area contributed by atoms with Gasteiger partial charge in [-0.3, -0.25) is 4.79 Å². The van der Waals surface area contributed by atoms with Crippen molar-refractivity contribution >= 4 is 5.91 Å². The van der Waals surface area contributed by atoms with Crippen molar-refractivity contribution in [2.24, 2.45) is 5.92 Å². The molecular weight excluding hydrogens is 224 g/mol. The van der Waals surface area contributed by atoms with E-state index in [1.54, 1.807) is 0 Å². The van der Waals surface area contributed by atoms with Crippen LogP contribution >= 0.6 is 0 Å². The predicted molar refractivity (Wildman–Crippen MR) is 74.4 cm³/mol. The molecule has 0 aromatic carbocycles. The molecule has 104 valence electrons. The molecule has 1 saturated heterocycles. The Hall–Kier alpha value is -0.570. The van der Waals surface area contributed by atoms with E-state index in [0.717, 1.165) is 25.3 Å². The van der Waals surface area contributed by atoms with Crippen LogP contribution in [0, 0.1) is 5.92 Å². The lowest BCUT2D eigenvalue weighted by Crippen LogP contribution is -2.42. The lowest BCUT2D eigenvalue weighted by molar-refractivity contribution is -0.121. The molecule has 1 aliphatic heterocycles. The summed E-state index contributed by atoms with van der Waals surface area (Å²) in [5.41, 5.74) is 0. The zero-order valence-corrected chi connectivity index (χ0v) is 11.7. The molecule has 2 N–H and O–H groups in total. The fraction of sp³-hybridized carbons (Fsp3) is 0.933. The highest BCUT2D eigenvalue weighted by Gasteiger charge is 2.23. The average Bonchev–Trinajstić information content (AvgIpc) is 2.71. The Bertz CT molecular complexity index is 259. The maximum Gasteiger partial charge on any atom is 0.221 e. The zero-order valence-electron chi connectivity index (χ0n) is 11.7. The topological polar surface area (TPSA) is 41.1 Å². The largest absolute Gasteiger partial charge is 0.356 e. The molecule has 2 fully saturated rings. The summed E-state index contributed by atoms with van der Waals surface area (Å²) in [5, 5.41) is 6.68. The number of hydrogen-bond donors (Lipinski definition) is 2. The van der Waals surface area contributed by atoms with Crippen LogP contribution in [0.15, 0.2) is 0 Å². The van der Waals surface area contributed by atoms with E-state index in [1.807, 2.05) is 0 Å². The van der Waals surface area contributed by atoms with Crippen molar-refractivity contribution in [2.75, 3.05) is 6.54 Å². The number of carbonyl (C=O) groups excluding carboxylic acids is 1. The molecule has 2 aliphatic rings. The van der Waals surface area contributed by atoms with Gasteiger partial charge in [0, 0.05) is 25.0 Å². The molecule has 1 saturated carbocycles. The molecule has 0 aromatic heterocycles. The summed E-state index contributed by atoms with van der Waals surface area (Å²) in [7, 11) is 0. The summed E-state index contributed by atoms with van der Waals surface area (Å²) < 4.78 is 0. The fourth-order valence-corrected chi connectivity index (χ4v) is 3.44. The Balaban J connectivity index is 1.81. The average molecular weight is 252 g/mol. The molecule has 0 bridgehead atoms. The van der Waals surface area contributed by atoms with Gasteiger partial charge >= 0.3 is 0 Å². The van der Waals surface area contributed by atoms with Gasteiger partial charge in [-0.15, -0.1) is 0 Å². The van der Waals surface area contributed by atoms with Crippen molar-refractivity contribution in [1.29, 1.82) is 0 Å². The number of amides is 1. The summed E-state index contributed by atoms with van der Waals surface area (Å²) in [4.78, 5) is 11.6. The van der Waals surface area contributed by atoms with E-state index in [-0.39, 0.29) is 5.91 Å². The minimum atomic E-state index is 0.220. The van der Waals surface area contributed by atoms with E-state index < -0.39 is 0 Å². The molecule has 18 heavy (non-hydrogen) atoms. The van der Waals surface area contributed by atoms with Gasteiger partial charge in [0.25, 0.3) is 0 Å². The van der Waals surface area contributed by atoms with E-state index in [9.17, 15) is 4.79 Å². The third-order valence-corrected chi connectivity index (χ3v) is 4.59. The first-order chi connectivity index (χ1) is 8.75. The molecule has 3 heteroatoms. The maximum absolute atomic E-state index is 11.6. The Morgan fingerprint density at radius 2 is 1.83 bits per heavy atom. The Kier molecular flexibility index (Phi) is 5.48. The second kappa shape index (κ2) is 7.13. The Morgan fingerprint density at radius 3 is 2.56 bits per heavy atom. The summed E-state index contributed by atoms with van der Waals surface area (Å²) in [6.45, 7) is 3.17. The van der Waals surface area contributed by atoms with E-state index in [1.165, 1.54) is 38.5 Å². The standard InChI is InChI=1S/C15H28N2O/c1-12(13-7-4-2-3-5-8-13)17-14-9-6-10-16-15(18)11-14/h12-14,17H,2-11H2,1H3,(H,16,18)/t12-,14?/m0/s1. The van der Waals surface area contributed by atoms with Gasteiger partial charge < -0.3 is 10.6 Å². The first-order valence-corrected chi connectivity index (χ1v) is 7.78. The molecule has 0 aromatic rings. The number of rotatable bonds is 3. The summed E-state index contributed by atoms with van der Waals surface area (Å²) in [5.74, 6) is 1.04. The van der Waals surface area contributed by atoms with Gasteiger partial charge in [0.15, 0.2) is 0 Å². The van der Waals surface area contributed by atoms with Crippen molar-refractivity contribution in [3.63, 3.8) is 0 Å². The highest BCUT2D eigenvalue weighted by molar-refractivity contribution is 5.76. The van der Waals surface area contributed by atoms with Gasteiger partial charge in [0.1, 0.15) is 0 Å². The smallest absolute Gasteiger partial charge is 0.221 e. The van der Waals surface area contributed by atoms with Gasteiger partial charge in [-0.1, -0.05) is 25.7 Å². The lowest BCUT2D eigenvalue weighted by atomic mass is 9.92. The molecule has 0 spiro atoms. The molecule has 0 radical (unpaired) electrons. The minimum Gasteiger partial charge on any atom is -0.356 e. The quantitative estimate of drug-likeness (QED) is 0.758. The molecule has 1 aliphatic carbocycles.